The minimum absolute atomic E-state index is 0.0908. The van der Waals surface area contributed by atoms with Crippen molar-refractivity contribution >= 4 is 34.5 Å². The highest BCUT2D eigenvalue weighted by Gasteiger charge is 2.47. The number of thiophene rings is 1. The smallest absolute Gasteiger partial charge is 0.300 e. The second-order valence-corrected chi connectivity index (χ2v) is 8.87. The minimum atomic E-state index is -0.713. The third kappa shape index (κ3) is 3.78. The number of hydrogen-bond donors (Lipinski definition) is 1. The Morgan fingerprint density at radius 3 is 2.73 bits per heavy atom. The van der Waals surface area contributed by atoms with Crippen LogP contribution in [0.25, 0.3) is 5.76 Å². The van der Waals surface area contributed by atoms with Crippen molar-refractivity contribution in [1.82, 2.24) is 0 Å². The molecule has 1 unspecified atom stereocenters. The van der Waals surface area contributed by atoms with Crippen LogP contribution in [0.5, 0.6) is 11.5 Å². The molecule has 0 aliphatic carbocycles. The van der Waals surface area contributed by atoms with Crippen LogP contribution in [0.3, 0.4) is 0 Å². The van der Waals surface area contributed by atoms with E-state index in [1.807, 2.05) is 36.6 Å². The normalized spacial score (nSPS) is 19.3. The van der Waals surface area contributed by atoms with Gasteiger partial charge in [-0.3, -0.25) is 14.5 Å². The van der Waals surface area contributed by atoms with E-state index < -0.39 is 17.7 Å². The molecule has 1 fully saturated rings. The lowest BCUT2D eigenvalue weighted by Crippen LogP contribution is -2.29. The van der Waals surface area contributed by atoms with E-state index in [4.69, 9.17) is 9.47 Å². The molecule has 7 heteroatoms. The van der Waals surface area contributed by atoms with Crippen molar-refractivity contribution in [2.75, 3.05) is 18.1 Å². The standard InChI is InChI=1S/C26H23NO5S/c1-2-31-19-10-8-18(9-11-19)27-23(21-6-4-14-33-21)22(25(29)26(27)30)24(28)17-7-12-20-16(15-17)5-3-13-32-20/h4,6-12,14-15,23,28H,2-3,5,13H2,1H3/b24-22-. The predicted octanol–water partition coefficient (Wildman–Crippen LogP) is 5.10. The van der Waals surface area contributed by atoms with E-state index in [0.29, 0.717) is 30.2 Å². The Labute approximate surface area is 195 Å². The highest BCUT2D eigenvalue weighted by atomic mass is 32.1. The Morgan fingerprint density at radius 1 is 1.18 bits per heavy atom. The average molecular weight is 462 g/mol. The lowest BCUT2D eigenvalue weighted by Gasteiger charge is -2.24. The Bertz CT molecular complexity index is 1230. The molecule has 0 spiro atoms. The summed E-state index contributed by atoms with van der Waals surface area (Å²) in [4.78, 5) is 28.7. The molecule has 1 aromatic heterocycles. The molecule has 5 rings (SSSR count). The summed E-state index contributed by atoms with van der Waals surface area (Å²) in [6.07, 6.45) is 1.74. The van der Waals surface area contributed by atoms with Gasteiger partial charge in [-0.15, -0.1) is 11.3 Å². The molecule has 6 nitrogen and oxygen atoms in total. The summed E-state index contributed by atoms with van der Waals surface area (Å²) in [5.41, 5.74) is 2.15. The zero-order valence-corrected chi connectivity index (χ0v) is 18.9. The van der Waals surface area contributed by atoms with Crippen LogP contribution >= 0.6 is 11.3 Å². The van der Waals surface area contributed by atoms with Gasteiger partial charge >= 0.3 is 0 Å². The number of fused-ring (bicyclic) bond motifs is 1. The Hall–Kier alpha value is -3.58. The van der Waals surface area contributed by atoms with Gasteiger partial charge < -0.3 is 14.6 Å². The molecule has 168 valence electrons. The number of rotatable bonds is 5. The maximum Gasteiger partial charge on any atom is 0.300 e. The molecule has 0 saturated carbocycles. The van der Waals surface area contributed by atoms with Gasteiger partial charge in [0, 0.05) is 16.1 Å². The monoisotopic (exact) mass is 461 g/mol. The third-order valence-electron chi connectivity index (χ3n) is 5.86. The van der Waals surface area contributed by atoms with Gasteiger partial charge in [0.2, 0.25) is 0 Å². The number of aliphatic hydroxyl groups excluding tert-OH is 1. The van der Waals surface area contributed by atoms with E-state index in [-0.39, 0.29) is 11.3 Å². The number of aryl methyl sites for hydroxylation is 1. The molecule has 1 N–H and O–H groups in total. The molecule has 1 saturated heterocycles. The van der Waals surface area contributed by atoms with Crippen LogP contribution in [0.2, 0.25) is 0 Å². The van der Waals surface area contributed by atoms with E-state index in [1.54, 1.807) is 30.3 Å². The van der Waals surface area contributed by atoms with Crippen molar-refractivity contribution in [3.05, 3.63) is 81.6 Å². The summed E-state index contributed by atoms with van der Waals surface area (Å²) in [6.45, 7) is 3.10. The Morgan fingerprint density at radius 2 is 2.00 bits per heavy atom. The second kappa shape index (κ2) is 8.75. The molecule has 2 aromatic carbocycles. The number of Topliss-reactive ketones (excluding diaryl/α,β-unsaturated/α-hetero) is 1. The second-order valence-electron chi connectivity index (χ2n) is 7.89. The third-order valence-corrected chi connectivity index (χ3v) is 6.79. The largest absolute Gasteiger partial charge is 0.507 e. The van der Waals surface area contributed by atoms with Gasteiger partial charge in [0.05, 0.1) is 18.8 Å². The summed E-state index contributed by atoms with van der Waals surface area (Å²) < 4.78 is 11.2. The number of ketones is 1. The van der Waals surface area contributed by atoms with Gasteiger partial charge in [0.25, 0.3) is 11.7 Å². The first-order valence-electron chi connectivity index (χ1n) is 10.9. The number of ether oxygens (including phenoxy) is 2. The van der Waals surface area contributed by atoms with Crippen molar-refractivity contribution in [2.24, 2.45) is 0 Å². The molecule has 1 amide bonds. The van der Waals surface area contributed by atoms with Gasteiger partial charge in [-0.2, -0.15) is 0 Å². The van der Waals surface area contributed by atoms with E-state index in [0.717, 1.165) is 29.0 Å². The molecule has 0 radical (unpaired) electrons. The Kier molecular flexibility index (Phi) is 5.64. The zero-order chi connectivity index (χ0) is 22.9. The molecule has 2 aliphatic rings. The first-order chi connectivity index (χ1) is 16.1. The number of anilines is 1. The van der Waals surface area contributed by atoms with Gasteiger partial charge in [-0.25, -0.2) is 0 Å². The molecule has 3 heterocycles. The highest BCUT2D eigenvalue weighted by Crippen LogP contribution is 2.44. The van der Waals surface area contributed by atoms with Crippen LogP contribution in [0.15, 0.2) is 65.6 Å². The van der Waals surface area contributed by atoms with Crippen molar-refractivity contribution in [3.8, 4) is 11.5 Å². The van der Waals surface area contributed by atoms with Crippen LogP contribution in [-0.4, -0.2) is 30.0 Å². The first-order valence-corrected chi connectivity index (χ1v) is 11.8. The van der Waals surface area contributed by atoms with Crippen molar-refractivity contribution in [3.63, 3.8) is 0 Å². The summed E-state index contributed by atoms with van der Waals surface area (Å²) >= 11 is 1.44. The van der Waals surface area contributed by atoms with E-state index in [2.05, 4.69) is 0 Å². The van der Waals surface area contributed by atoms with Gasteiger partial charge in [-0.1, -0.05) is 6.07 Å². The zero-order valence-electron chi connectivity index (χ0n) is 18.1. The summed E-state index contributed by atoms with van der Waals surface area (Å²) in [5, 5.41) is 13.2. The van der Waals surface area contributed by atoms with Crippen LogP contribution < -0.4 is 14.4 Å². The van der Waals surface area contributed by atoms with Crippen LogP contribution in [0, 0.1) is 0 Å². The fourth-order valence-corrected chi connectivity index (χ4v) is 5.17. The van der Waals surface area contributed by atoms with Gasteiger partial charge in [0.1, 0.15) is 23.3 Å². The average Bonchev–Trinajstić information content (AvgIpc) is 3.46. The van der Waals surface area contributed by atoms with E-state index in [1.165, 1.54) is 16.2 Å². The van der Waals surface area contributed by atoms with Crippen molar-refractivity contribution in [2.45, 2.75) is 25.8 Å². The maximum atomic E-state index is 13.2. The van der Waals surface area contributed by atoms with Gasteiger partial charge in [-0.05, 0) is 79.2 Å². The fraction of sp³-hybridized carbons (Fsp3) is 0.231. The summed E-state index contributed by atoms with van der Waals surface area (Å²) in [6, 6.07) is 15.5. The molecule has 1 atom stereocenters. The molecule has 0 bridgehead atoms. The van der Waals surface area contributed by atoms with Crippen LogP contribution in [0.4, 0.5) is 5.69 Å². The quantitative estimate of drug-likeness (QED) is 0.325. The molecule has 3 aromatic rings. The Balaban J connectivity index is 1.62. The number of carbonyl (C=O) groups is 2. The number of benzene rings is 2. The van der Waals surface area contributed by atoms with Crippen molar-refractivity contribution < 1.29 is 24.2 Å². The molecular weight excluding hydrogens is 438 g/mol. The van der Waals surface area contributed by atoms with Crippen LogP contribution in [0.1, 0.15) is 35.4 Å². The molecular formula is C26H23NO5S. The predicted molar refractivity (Wildman–Crippen MR) is 127 cm³/mol. The number of nitrogens with zero attached hydrogens (tertiary/aromatic N) is 1. The van der Waals surface area contributed by atoms with Crippen LogP contribution in [-0.2, 0) is 16.0 Å². The first kappa shape index (κ1) is 21.3. The summed E-state index contributed by atoms with van der Waals surface area (Å²) in [5.74, 6) is -0.0630. The fourth-order valence-electron chi connectivity index (χ4n) is 4.35. The number of aliphatic hydroxyl groups is 1. The SMILES string of the molecule is CCOc1ccc(N2C(=O)C(=O)/C(=C(\O)c3ccc4c(c3)CCCO4)C2c2cccs2)cc1. The van der Waals surface area contributed by atoms with E-state index in [9.17, 15) is 14.7 Å². The molecule has 33 heavy (non-hydrogen) atoms. The number of hydrogen-bond acceptors (Lipinski definition) is 6. The maximum absolute atomic E-state index is 13.2. The topological polar surface area (TPSA) is 76.1 Å². The van der Waals surface area contributed by atoms with E-state index >= 15 is 0 Å². The lowest BCUT2D eigenvalue weighted by molar-refractivity contribution is -0.132. The summed E-state index contributed by atoms with van der Waals surface area (Å²) in [7, 11) is 0. The number of amides is 1. The lowest BCUT2D eigenvalue weighted by atomic mass is 9.97. The molecule has 2 aliphatic heterocycles. The van der Waals surface area contributed by atoms with Gasteiger partial charge in [0.15, 0.2) is 0 Å². The number of carbonyl (C=O) groups excluding carboxylic acids is 2. The van der Waals surface area contributed by atoms with Crippen molar-refractivity contribution in [1.29, 1.82) is 0 Å². The minimum Gasteiger partial charge on any atom is -0.507 e. The highest BCUT2D eigenvalue weighted by molar-refractivity contribution is 7.10.